The Balaban J connectivity index is 2.58. The number of rotatable bonds is 5. The fourth-order valence-electron chi connectivity index (χ4n) is 1.95. The van der Waals surface area contributed by atoms with Gasteiger partial charge in [-0.2, -0.15) is 0 Å². The molecule has 2 atom stereocenters. The number of likely N-dealkylation sites (N-methyl/N-ethyl adjacent to an activating group) is 1. The number of piperazine rings is 1. The molecule has 1 saturated heterocycles. The van der Waals surface area contributed by atoms with Gasteiger partial charge in [-0.1, -0.05) is 0 Å². The van der Waals surface area contributed by atoms with Crippen LogP contribution in [0.5, 0.6) is 0 Å². The van der Waals surface area contributed by atoms with Gasteiger partial charge in [0.2, 0.25) is 5.91 Å². The highest BCUT2D eigenvalue weighted by molar-refractivity contribution is 5.87. The van der Waals surface area contributed by atoms with Gasteiger partial charge in [0, 0.05) is 25.7 Å². The van der Waals surface area contributed by atoms with Crippen molar-refractivity contribution in [3.05, 3.63) is 0 Å². The third kappa shape index (κ3) is 4.32. The second kappa shape index (κ2) is 5.97. The molecule has 0 aromatic heterocycles. The lowest BCUT2D eigenvalue weighted by Gasteiger charge is -2.37. The van der Waals surface area contributed by atoms with Crippen LogP contribution in [0.2, 0.25) is 0 Å². The van der Waals surface area contributed by atoms with Crippen LogP contribution in [0.15, 0.2) is 0 Å². The SMILES string of the molecule is CC1CN(CCN(C)C)C(=O)C(CC(=O)O)N1. The van der Waals surface area contributed by atoms with Crippen LogP contribution >= 0.6 is 0 Å². The summed E-state index contributed by atoms with van der Waals surface area (Å²) in [6, 6.07) is -0.447. The molecular formula is C11H21N3O3. The molecule has 1 rings (SSSR count). The zero-order valence-electron chi connectivity index (χ0n) is 10.6. The topological polar surface area (TPSA) is 72.9 Å². The van der Waals surface area contributed by atoms with E-state index in [4.69, 9.17) is 5.11 Å². The number of carboxylic acid groups (broad SMARTS) is 1. The first-order chi connectivity index (χ1) is 7.90. The molecule has 2 unspecified atom stereocenters. The van der Waals surface area contributed by atoms with E-state index in [1.807, 2.05) is 25.9 Å². The van der Waals surface area contributed by atoms with Crippen LogP contribution in [0.25, 0.3) is 0 Å². The average Bonchev–Trinajstić information content (AvgIpc) is 2.19. The summed E-state index contributed by atoms with van der Waals surface area (Å²) >= 11 is 0. The van der Waals surface area contributed by atoms with E-state index in [0.29, 0.717) is 13.1 Å². The summed E-state index contributed by atoms with van der Waals surface area (Å²) in [5, 5.41) is 11.8. The van der Waals surface area contributed by atoms with Crippen LogP contribution in [-0.4, -0.2) is 72.6 Å². The Morgan fingerprint density at radius 1 is 1.59 bits per heavy atom. The van der Waals surface area contributed by atoms with Gasteiger partial charge in [-0.3, -0.25) is 9.59 Å². The molecule has 6 nitrogen and oxygen atoms in total. The zero-order chi connectivity index (χ0) is 13.0. The second-order valence-corrected chi connectivity index (χ2v) is 4.81. The molecule has 1 amide bonds. The van der Waals surface area contributed by atoms with E-state index in [1.54, 1.807) is 4.90 Å². The first kappa shape index (κ1) is 13.9. The number of nitrogens with one attached hydrogen (secondary N) is 1. The van der Waals surface area contributed by atoms with Gasteiger partial charge in [-0.05, 0) is 21.0 Å². The maximum atomic E-state index is 12.0. The number of carbonyl (C=O) groups excluding carboxylic acids is 1. The molecule has 1 fully saturated rings. The van der Waals surface area contributed by atoms with Gasteiger partial charge in [-0.25, -0.2) is 0 Å². The van der Waals surface area contributed by atoms with Crippen molar-refractivity contribution in [3.8, 4) is 0 Å². The second-order valence-electron chi connectivity index (χ2n) is 4.81. The van der Waals surface area contributed by atoms with Gasteiger partial charge < -0.3 is 20.2 Å². The van der Waals surface area contributed by atoms with Crippen molar-refractivity contribution in [3.63, 3.8) is 0 Å². The number of carboxylic acids is 1. The molecule has 0 bridgehead atoms. The monoisotopic (exact) mass is 243 g/mol. The summed E-state index contributed by atoms with van der Waals surface area (Å²) in [7, 11) is 3.90. The third-order valence-electron chi connectivity index (χ3n) is 2.79. The minimum atomic E-state index is -0.947. The Morgan fingerprint density at radius 2 is 2.24 bits per heavy atom. The predicted molar refractivity (Wildman–Crippen MR) is 63.8 cm³/mol. The van der Waals surface area contributed by atoms with E-state index in [1.165, 1.54) is 0 Å². The summed E-state index contributed by atoms with van der Waals surface area (Å²) in [4.78, 5) is 26.4. The minimum absolute atomic E-state index is 0.104. The molecule has 0 radical (unpaired) electrons. The first-order valence-electron chi connectivity index (χ1n) is 5.81. The van der Waals surface area contributed by atoms with E-state index < -0.39 is 12.0 Å². The lowest BCUT2D eigenvalue weighted by Crippen LogP contribution is -2.60. The van der Waals surface area contributed by atoms with Crippen LogP contribution in [0.4, 0.5) is 0 Å². The van der Waals surface area contributed by atoms with Gasteiger partial charge in [0.15, 0.2) is 0 Å². The standard InChI is InChI=1S/C11H21N3O3/c1-8-7-14(5-4-13(2)3)11(17)9(12-8)6-10(15)16/h8-9,12H,4-7H2,1-3H3,(H,15,16). The van der Waals surface area contributed by atoms with Crippen molar-refractivity contribution >= 4 is 11.9 Å². The Bertz CT molecular complexity index is 294. The van der Waals surface area contributed by atoms with Crippen LogP contribution in [0.1, 0.15) is 13.3 Å². The average molecular weight is 243 g/mol. The molecule has 0 aliphatic carbocycles. The lowest BCUT2D eigenvalue weighted by atomic mass is 10.1. The number of hydrogen-bond acceptors (Lipinski definition) is 4. The smallest absolute Gasteiger partial charge is 0.305 e. The minimum Gasteiger partial charge on any atom is -0.481 e. The molecule has 98 valence electrons. The molecule has 0 aromatic rings. The van der Waals surface area contributed by atoms with Crippen LogP contribution < -0.4 is 5.32 Å². The van der Waals surface area contributed by atoms with Crippen molar-refractivity contribution in [2.24, 2.45) is 0 Å². The first-order valence-corrected chi connectivity index (χ1v) is 5.81. The molecule has 1 aliphatic heterocycles. The third-order valence-corrected chi connectivity index (χ3v) is 2.79. The summed E-state index contributed by atoms with van der Waals surface area (Å²) in [6.45, 7) is 4.04. The molecule has 0 spiro atoms. The van der Waals surface area contributed by atoms with E-state index in [2.05, 4.69) is 5.32 Å². The molecule has 1 heterocycles. The normalized spacial score (nSPS) is 25.4. The summed E-state index contributed by atoms with van der Waals surface area (Å²) in [5.74, 6) is -1.05. The van der Waals surface area contributed by atoms with Gasteiger partial charge in [0.05, 0.1) is 12.5 Å². The molecule has 0 aromatic carbocycles. The summed E-state index contributed by atoms with van der Waals surface area (Å²) < 4.78 is 0. The number of carbonyl (C=O) groups is 2. The fraction of sp³-hybridized carbons (Fsp3) is 0.818. The Morgan fingerprint density at radius 3 is 2.76 bits per heavy atom. The van der Waals surface area contributed by atoms with Gasteiger partial charge in [0.1, 0.15) is 0 Å². The molecule has 0 saturated carbocycles. The Labute approximate surface area is 102 Å². The van der Waals surface area contributed by atoms with Gasteiger partial charge >= 0.3 is 5.97 Å². The predicted octanol–water partition coefficient (Wildman–Crippen LogP) is -0.788. The Kier molecular flexibility index (Phi) is 4.89. The maximum Gasteiger partial charge on any atom is 0.305 e. The number of amides is 1. The van der Waals surface area contributed by atoms with Crippen molar-refractivity contribution in [1.82, 2.24) is 15.1 Å². The van der Waals surface area contributed by atoms with E-state index in [-0.39, 0.29) is 18.4 Å². The molecule has 2 N–H and O–H groups in total. The highest BCUT2D eigenvalue weighted by Crippen LogP contribution is 2.09. The van der Waals surface area contributed by atoms with Crippen molar-refractivity contribution in [1.29, 1.82) is 0 Å². The van der Waals surface area contributed by atoms with Crippen LogP contribution in [-0.2, 0) is 9.59 Å². The van der Waals surface area contributed by atoms with E-state index in [0.717, 1.165) is 6.54 Å². The number of hydrogen-bond donors (Lipinski definition) is 2. The van der Waals surface area contributed by atoms with Crippen molar-refractivity contribution in [2.45, 2.75) is 25.4 Å². The van der Waals surface area contributed by atoms with Crippen LogP contribution in [0, 0.1) is 0 Å². The highest BCUT2D eigenvalue weighted by Gasteiger charge is 2.32. The lowest BCUT2D eigenvalue weighted by molar-refractivity contribution is -0.144. The maximum absolute atomic E-state index is 12.0. The van der Waals surface area contributed by atoms with Crippen molar-refractivity contribution in [2.75, 3.05) is 33.7 Å². The van der Waals surface area contributed by atoms with Crippen LogP contribution in [0.3, 0.4) is 0 Å². The van der Waals surface area contributed by atoms with E-state index >= 15 is 0 Å². The quantitative estimate of drug-likeness (QED) is 0.662. The molecular weight excluding hydrogens is 222 g/mol. The zero-order valence-corrected chi connectivity index (χ0v) is 10.6. The number of nitrogens with zero attached hydrogens (tertiary/aromatic N) is 2. The highest BCUT2D eigenvalue weighted by atomic mass is 16.4. The molecule has 6 heteroatoms. The molecule has 17 heavy (non-hydrogen) atoms. The van der Waals surface area contributed by atoms with Crippen molar-refractivity contribution < 1.29 is 14.7 Å². The van der Waals surface area contributed by atoms with E-state index in [9.17, 15) is 9.59 Å². The summed E-state index contributed by atoms with van der Waals surface area (Å²) in [6.07, 6.45) is -0.151. The largest absolute Gasteiger partial charge is 0.481 e. The van der Waals surface area contributed by atoms with Gasteiger partial charge in [0.25, 0.3) is 0 Å². The fourth-order valence-corrected chi connectivity index (χ4v) is 1.95. The van der Waals surface area contributed by atoms with Gasteiger partial charge in [-0.15, -0.1) is 0 Å². The Hall–Kier alpha value is -1.14. The molecule has 1 aliphatic rings. The number of aliphatic carboxylic acids is 1. The summed E-state index contributed by atoms with van der Waals surface area (Å²) in [5.41, 5.74) is 0.